The van der Waals surface area contributed by atoms with Crippen molar-refractivity contribution in [1.82, 2.24) is 25.0 Å². The van der Waals surface area contributed by atoms with Crippen molar-refractivity contribution in [2.45, 2.75) is 143 Å². The maximum Gasteiger partial charge on any atom is 0.240 e. The van der Waals surface area contributed by atoms with Gasteiger partial charge in [-0.15, -0.1) is 5.10 Å². The number of aliphatic hydroxyl groups is 1. The minimum absolute atomic E-state index is 0.00497. The van der Waals surface area contributed by atoms with Crippen LogP contribution >= 0.6 is 0 Å². The number of likely N-dealkylation sites (N-methyl/N-ethyl adjacent to an activating group) is 1. The predicted octanol–water partition coefficient (Wildman–Crippen LogP) is 4.82. The summed E-state index contributed by atoms with van der Waals surface area (Å²) in [6.45, 7) is 21.9. The van der Waals surface area contributed by atoms with Crippen LogP contribution in [0.2, 0.25) is 0 Å². The van der Waals surface area contributed by atoms with Crippen molar-refractivity contribution in [1.29, 1.82) is 0 Å². The molecule has 1 heterocycles. The number of aliphatic hydroxyl groups excluding tert-OH is 1. The molecule has 1 fully saturated rings. The van der Waals surface area contributed by atoms with E-state index >= 15 is 0 Å². The number of rotatable bonds is 25. The van der Waals surface area contributed by atoms with Gasteiger partial charge in [-0.1, -0.05) is 38.8 Å². The van der Waals surface area contributed by atoms with Crippen LogP contribution in [0.1, 0.15) is 113 Å². The fourth-order valence-electron chi connectivity index (χ4n) is 5.12. The molecule has 0 unspecified atom stereocenters. The van der Waals surface area contributed by atoms with Gasteiger partial charge in [-0.3, -0.25) is 14.6 Å². The molecule has 12 heteroatoms. The molecule has 0 spiro atoms. The Kier molecular flexibility index (Phi) is 16.9. The molecule has 1 aromatic rings. The lowest BCUT2D eigenvalue weighted by molar-refractivity contribution is -0.160. The van der Waals surface area contributed by atoms with Gasteiger partial charge in [0.2, 0.25) is 5.91 Å². The lowest BCUT2D eigenvalue weighted by Gasteiger charge is -2.39. The molecule has 0 radical (unpaired) electrons. The number of nitrogens with zero attached hydrogens (tertiary/aromatic N) is 5. The third kappa shape index (κ3) is 15.9. The Morgan fingerprint density at radius 2 is 1.66 bits per heavy atom. The smallest absolute Gasteiger partial charge is 0.240 e. The molecule has 0 aromatic carbocycles. The first kappa shape index (κ1) is 41.2. The average Bonchev–Trinajstić information content (AvgIpc) is 3.41. The van der Waals surface area contributed by atoms with Gasteiger partial charge in [-0.25, -0.2) is 9.69 Å². The van der Waals surface area contributed by atoms with Gasteiger partial charge in [-0.2, -0.15) is 0 Å². The first-order valence-electron chi connectivity index (χ1n) is 17.6. The molecule has 1 N–H and O–H groups in total. The average molecular weight is 668 g/mol. The first-order valence-corrected chi connectivity index (χ1v) is 17.6. The molecule has 0 saturated heterocycles. The van der Waals surface area contributed by atoms with E-state index in [1.165, 1.54) is 0 Å². The normalized spacial score (nSPS) is 17.4. The van der Waals surface area contributed by atoms with Crippen LogP contribution in [0.3, 0.4) is 0 Å². The van der Waals surface area contributed by atoms with E-state index in [4.69, 9.17) is 18.9 Å². The minimum atomic E-state index is -0.542. The standard InChI is InChI=1S/C35H65N5O7/c1-11-12-13-15-40(32(43)28-21-30(41)22-28)38(10)16-19-45-33(4,5)14-18-44-25-29-24-39(37-36-29)17-20-46-35(8,9)26-47-34(6,7)23-31(42)27(2)3/h24,27-28,30,41H,11-23,25-26H2,1-10H3. The first-order chi connectivity index (χ1) is 21.9. The Labute approximate surface area is 283 Å². The van der Waals surface area contributed by atoms with Crippen molar-refractivity contribution in [3.63, 3.8) is 0 Å². The highest BCUT2D eigenvalue weighted by Gasteiger charge is 2.37. The summed E-state index contributed by atoms with van der Waals surface area (Å²) in [4.78, 5) is 25.2. The monoisotopic (exact) mass is 667 g/mol. The Bertz CT molecular complexity index is 1070. The number of carbonyl (C=O) groups is 2. The Hall–Kier alpha value is -1.96. The fourth-order valence-corrected chi connectivity index (χ4v) is 5.12. The number of ketones is 1. The highest BCUT2D eigenvalue weighted by Crippen LogP contribution is 2.29. The van der Waals surface area contributed by atoms with E-state index in [9.17, 15) is 14.7 Å². The van der Waals surface area contributed by atoms with Crippen molar-refractivity contribution in [2.24, 2.45) is 11.8 Å². The summed E-state index contributed by atoms with van der Waals surface area (Å²) >= 11 is 0. The van der Waals surface area contributed by atoms with Crippen molar-refractivity contribution in [2.75, 3.05) is 46.6 Å². The van der Waals surface area contributed by atoms with Crippen molar-refractivity contribution in [3.05, 3.63) is 11.9 Å². The van der Waals surface area contributed by atoms with Gasteiger partial charge >= 0.3 is 0 Å². The molecular weight excluding hydrogens is 602 g/mol. The van der Waals surface area contributed by atoms with Crippen molar-refractivity contribution >= 4 is 11.7 Å². The molecule has 0 atom stereocenters. The summed E-state index contributed by atoms with van der Waals surface area (Å²) in [6.07, 6.45) is 6.85. The van der Waals surface area contributed by atoms with Gasteiger partial charge in [0.05, 0.1) is 62.1 Å². The number of ether oxygens (including phenoxy) is 4. The van der Waals surface area contributed by atoms with E-state index in [1.807, 2.05) is 78.7 Å². The largest absolute Gasteiger partial charge is 0.393 e. The second-order valence-corrected chi connectivity index (χ2v) is 15.2. The predicted molar refractivity (Wildman–Crippen MR) is 181 cm³/mol. The Balaban J connectivity index is 1.66. The van der Waals surface area contributed by atoms with E-state index in [0.717, 1.165) is 25.0 Å². The van der Waals surface area contributed by atoms with E-state index in [-0.39, 0.29) is 35.2 Å². The Morgan fingerprint density at radius 3 is 2.30 bits per heavy atom. The minimum Gasteiger partial charge on any atom is -0.393 e. The van der Waals surface area contributed by atoms with Crippen LogP contribution < -0.4 is 0 Å². The van der Waals surface area contributed by atoms with Gasteiger partial charge in [-0.05, 0) is 67.2 Å². The fraction of sp³-hybridized carbons (Fsp3) is 0.886. The summed E-state index contributed by atoms with van der Waals surface area (Å²) in [7, 11) is 1.94. The van der Waals surface area contributed by atoms with Gasteiger partial charge in [0.15, 0.2) is 0 Å². The summed E-state index contributed by atoms with van der Waals surface area (Å²) in [6, 6.07) is 0. The van der Waals surface area contributed by atoms with E-state index in [2.05, 4.69) is 17.2 Å². The molecule has 1 saturated carbocycles. The third-order valence-electron chi connectivity index (χ3n) is 8.56. The van der Waals surface area contributed by atoms with Crippen LogP contribution in [0.4, 0.5) is 0 Å². The summed E-state index contributed by atoms with van der Waals surface area (Å²) in [5.41, 5.74) is -0.697. The van der Waals surface area contributed by atoms with Crippen LogP contribution in [0.15, 0.2) is 6.20 Å². The molecular formula is C35H65N5O7. The summed E-state index contributed by atoms with van der Waals surface area (Å²) < 4.78 is 25.9. The number of Topliss-reactive ketones (excluding diaryl/α,β-unsaturated/α-hetero) is 1. The lowest BCUT2D eigenvalue weighted by Crippen LogP contribution is -2.52. The highest BCUT2D eigenvalue weighted by atomic mass is 16.6. The van der Waals surface area contributed by atoms with E-state index in [0.29, 0.717) is 78.4 Å². The van der Waals surface area contributed by atoms with Gasteiger partial charge in [0.1, 0.15) is 11.5 Å². The van der Waals surface area contributed by atoms with Crippen LogP contribution in [-0.4, -0.2) is 111 Å². The van der Waals surface area contributed by atoms with Gasteiger partial charge in [0.25, 0.3) is 0 Å². The van der Waals surface area contributed by atoms with E-state index < -0.39 is 11.2 Å². The Morgan fingerprint density at radius 1 is 0.979 bits per heavy atom. The molecule has 1 aliphatic carbocycles. The van der Waals surface area contributed by atoms with Crippen molar-refractivity contribution in [3.8, 4) is 0 Å². The molecule has 0 bridgehead atoms. The van der Waals surface area contributed by atoms with Crippen LogP contribution in [0, 0.1) is 11.8 Å². The quantitative estimate of drug-likeness (QED) is 0.114. The molecule has 272 valence electrons. The molecule has 1 amide bonds. The second-order valence-electron chi connectivity index (χ2n) is 15.2. The van der Waals surface area contributed by atoms with Gasteiger partial charge in [0, 0.05) is 45.0 Å². The molecule has 12 nitrogen and oxygen atoms in total. The second kappa shape index (κ2) is 19.3. The summed E-state index contributed by atoms with van der Waals surface area (Å²) in [5, 5.41) is 21.9. The molecule has 0 aliphatic heterocycles. The maximum atomic E-state index is 13.0. The van der Waals surface area contributed by atoms with Gasteiger partial charge < -0.3 is 24.1 Å². The zero-order chi connectivity index (χ0) is 35.3. The number of aromatic nitrogens is 3. The molecule has 1 aliphatic rings. The summed E-state index contributed by atoms with van der Waals surface area (Å²) in [5.74, 6) is 0.214. The van der Waals surface area contributed by atoms with Crippen LogP contribution in [-0.2, 0) is 41.7 Å². The number of hydrogen-bond acceptors (Lipinski definition) is 10. The number of amides is 1. The molecule has 2 rings (SSSR count). The maximum absolute atomic E-state index is 13.0. The number of hydrogen-bond donors (Lipinski definition) is 1. The zero-order valence-corrected chi connectivity index (χ0v) is 31.0. The SMILES string of the molecule is CCCCCN(C(=O)C1CC(O)C1)N(C)CCOC(C)(C)CCOCc1cn(CCOC(C)(C)COC(C)(C)CC(=O)C(C)C)nn1. The number of unbranched alkanes of at least 4 members (excludes halogenated alkanes) is 2. The van der Waals surface area contributed by atoms with Crippen molar-refractivity contribution < 1.29 is 33.6 Å². The lowest BCUT2D eigenvalue weighted by atomic mass is 9.81. The molecule has 1 aromatic heterocycles. The van der Waals surface area contributed by atoms with E-state index in [1.54, 1.807) is 4.68 Å². The highest BCUT2D eigenvalue weighted by molar-refractivity contribution is 5.81. The number of carbonyl (C=O) groups excluding carboxylic acids is 2. The zero-order valence-electron chi connectivity index (χ0n) is 31.0. The molecule has 47 heavy (non-hydrogen) atoms. The van der Waals surface area contributed by atoms with Crippen LogP contribution in [0.5, 0.6) is 0 Å². The number of hydrazine groups is 1. The van der Waals surface area contributed by atoms with Crippen LogP contribution in [0.25, 0.3) is 0 Å². The third-order valence-corrected chi connectivity index (χ3v) is 8.56. The topological polar surface area (TPSA) is 128 Å².